The Morgan fingerprint density at radius 1 is 1.32 bits per heavy atom. The van der Waals surface area contributed by atoms with Crippen LogP contribution < -0.4 is 0 Å². The predicted octanol–water partition coefficient (Wildman–Crippen LogP) is 0.179. The number of hydrogen-bond acceptors (Lipinski definition) is 6. The lowest BCUT2D eigenvalue weighted by Crippen LogP contribution is -2.55. The van der Waals surface area contributed by atoms with E-state index >= 15 is 0 Å². The second kappa shape index (κ2) is 5.80. The van der Waals surface area contributed by atoms with Crippen LogP contribution in [0.4, 0.5) is 5.82 Å². The highest BCUT2D eigenvalue weighted by molar-refractivity contribution is 5.94. The van der Waals surface area contributed by atoms with Crippen LogP contribution in [-0.4, -0.2) is 74.2 Å². The minimum Gasteiger partial charge on any atom is -0.369 e. The van der Waals surface area contributed by atoms with Crippen LogP contribution in [-0.2, 0) is 16.6 Å². The summed E-state index contributed by atoms with van der Waals surface area (Å²) >= 11 is 0. The zero-order chi connectivity index (χ0) is 18.5. The molecule has 1 aromatic heterocycles. The van der Waals surface area contributed by atoms with E-state index in [9.17, 15) is 19.7 Å². The first-order valence-corrected chi connectivity index (χ1v) is 8.01. The second-order valence-corrected chi connectivity index (χ2v) is 6.94. The Morgan fingerprint density at radius 3 is 2.40 bits per heavy atom. The summed E-state index contributed by atoms with van der Waals surface area (Å²) in [6.45, 7) is 4.30. The summed E-state index contributed by atoms with van der Waals surface area (Å²) in [5.74, 6) is -0.742. The zero-order valence-corrected chi connectivity index (χ0v) is 14.6. The molecule has 10 nitrogen and oxygen atoms in total. The van der Waals surface area contributed by atoms with E-state index < -0.39 is 10.5 Å². The third-order valence-electron chi connectivity index (χ3n) is 5.06. The van der Waals surface area contributed by atoms with E-state index in [2.05, 4.69) is 5.10 Å². The number of aromatic nitrogens is 2. The first kappa shape index (κ1) is 17.3. The van der Waals surface area contributed by atoms with Crippen LogP contribution in [0.1, 0.15) is 30.8 Å². The average molecular weight is 351 g/mol. The van der Waals surface area contributed by atoms with Crippen LogP contribution in [0.5, 0.6) is 0 Å². The lowest BCUT2D eigenvalue weighted by Gasteiger charge is -2.37. The van der Waals surface area contributed by atoms with Gasteiger partial charge in [0.05, 0.1) is 30.3 Å². The van der Waals surface area contributed by atoms with Crippen molar-refractivity contribution in [1.29, 1.82) is 0 Å². The number of likely N-dealkylation sites (tertiary alicyclic amines) is 2. The number of fused-ring (bicyclic) bond motifs is 2. The highest BCUT2D eigenvalue weighted by Crippen LogP contribution is 2.34. The number of carbonyl (C=O) groups excluding carboxylic acids is 2. The third kappa shape index (κ3) is 2.76. The Morgan fingerprint density at radius 2 is 1.92 bits per heavy atom. The maximum absolute atomic E-state index is 12.7. The van der Waals surface area contributed by atoms with Crippen molar-refractivity contribution in [3.05, 3.63) is 21.9 Å². The van der Waals surface area contributed by atoms with E-state index in [0.29, 0.717) is 19.5 Å². The summed E-state index contributed by atoms with van der Waals surface area (Å²) in [6, 6.07) is 1.04. The van der Waals surface area contributed by atoms with Crippen molar-refractivity contribution in [1.82, 2.24) is 19.6 Å². The van der Waals surface area contributed by atoms with Crippen molar-refractivity contribution in [2.24, 2.45) is 7.05 Å². The van der Waals surface area contributed by atoms with E-state index in [1.54, 1.807) is 23.6 Å². The standard InChI is InChI=1S/C15H21N5O5/c1-15(2,25-4)14(22)19-8-9-5-10(19)7-18(9)13(21)11-6-12(20(23)24)16-17(11)3/h6,9-10H,5,7-8H2,1-4H3/t9-,10-/m0/s1. The van der Waals surface area contributed by atoms with Crippen LogP contribution in [0.25, 0.3) is 0 Å². The molecular weight excluding hydrogens is 330 g/mol. The van der Waals surface area contributed by atoms with Gasteiger partial charge in [-0.2, -0.15) is 4.68 Å². The number of rotatable bonds is 4. The Bertz CT molecular complexity index is 743. The zero-order valence-electron chi connectivity index (χ0n) is 14.6. The molecule has 2 aliphatic heterocycles. The Balaban J connectivity index is 1.74. The van der Waals surface area contributed by atoms with Gasteiger partial charge in [0.1, 0.15) is 5.60 Å². The van der Waals surface area contributed by atoms with Gasteiger partial charge in [0.15, 0.2) is 5.69 Å². The Hall–Kier alpha value is -2.49. The molecule has 0 saturated carbocycles. The van der Waals surface area contributed by atoms with Gasteiger partial charge in [0.2, 0.25) is 0 Å². The number of carbonyl (C=O) groups is 2. The van der Waals surface area contributed by atoms with Crippen molar-refractivity contribution in [2.75, 3.05) is 20.2 Å². The summed E-state index contributed by atoms with van der Waals surface area (Å²) in [4.78, 5) is 39.0. The summed E-state index contributed by atoms with van der Waals surface area (Å²) in [6.07, 6.45) is 0.706. The van der Waals surface area contributed by atoms with E-state index in [0.717, 1.165) is 0 Å². The number of nitrogens with zero attached hydrogens (tertiary/aromatic N) is 5. The van der Waals surface area contributed by atoms with Gasteiger partial charge in [-0.1, -0.05) is 0 Å². The van der Waals surface area contributed by atoms with Crippen LogP contribution >= 0.6 is 0 Å². The van der Waals surface area contributed by atoms with Crippen molar-refractivity contribution in [2.45, 2.75) is 38.0 Å². The van der Waals surface area contributed by atoms with E-state index in [4.69, 9.17) is 4.74 Å². The molecule has 0 aliphatic carbocycles. The number of aryl methyl sites for hydroxylation is 1. The van der Waals surface area contributed by atoms with Gasteiger partial charge in [-0.05, 0) is 25.2 Å². The molecule has 2 amide bonds. The molecule has 2 aliphatic rings. The molecule has 2 atom stereocenters. The average Bonchev–Trinajstić information content (AvgIpc) is 3.26. The third-order valence-corrected chi connectivity index (χ3v) is 5.06. The van der Waals surface area contributed by atoms with Gasteiger partial charge in [0, 0.05) is 20.2 Å². The molecule has 1 aromatic rings. The van der Waals surface area contributed by atoms with Crippen molar-refractivity contribution in [3.63, 3.8) is 0 Å². The molecule has 136 valence electrons. The van der Waals surface area contributed by atoms with Crippen LogP contribution in [0.3, 0.4) is 0 Å². The number of piperazine rings is 1. The summed E-state index contributed by atoms with van der Waals surface area (Å²) in [7, 11) is 3.00. The van der Waals surface area contributed by atoms with E-state index in [1.807, 2.05) is 0 Å². The minimum atomic E-state index is -0.901. The van der Waals surface area contributed by atoms with Crippen LogP contribution in [0, 0.1) is 10.1 Å². The second-order valence-electron chi connectivity index (χ2n) is 6.94. The first-order valence-electron chi connectivity index (χ1n) is 8.01. The van der Waals surface area contributed by atoms with Crippen molar-refractivity contribution >= 4 is 17.6 Å². The molecule has 10 heteroatoms. The maximum atomic E-state index is 12.7. The van der Waals surface area contributed by atoms with Gasteiger partial charge in [0.25, 0.3) is 11.8 Å². The molecule has 0 spiro atoms. The van der Waals surface area contributed by atoms with Crippen molar-refractivity contribution < 1.29 is 19.2 Å². The summed E-state index contributed by atoms with van der Waals surface area (Å²) < 4.78 is 6.48. The first-order chi connectivity index (χ1) is 11.7. The van der Waals surface area contributed by atoms with Gasteiger partial charge in [-0.15, -0.1) is 0 Å². The SMILES string of the molecule is COC(C)(C)C(=O)N1C[C@@H]2C[C@H]1CN2C(=O)c1cc([N+](=O)[O-])nn1C. The molecule has 3 heterocycles. The fraction of sp³-hybridized carbons (Fsp3) is 0.667. The number of nitro groups is 1. The topological polar surface area (TPSA) is 111 Å². The number of amides is 2. The molecule has 0 N–H and O–H groups in total. The highest BCUT2D eigenvalue weighted by atomic mass is 16.6. The Labute approximate surface area is 144 Å². The normalized spacial score (nSPS) is 22.6. The predicted molar refractivity (Wildman–Crippen MR) is 85.9 cm³/mol. The molecule has 0 aromatic carbocycles. The van der Waals surface area contributed by atoms with Crippen molar-refractivity contribution in [3.8, 4) is 0 Å². The number of methoxy groups -OCH3 is 1. The lowest BCUT2D eigenvalue weighted by molar-refractivity contribution is -0.389. The lowest BCUT2D eigenvalue weighted by atomic mass is 10.1. The minimum absolute atomic E-state index is 0.0564. The molecule has 2 fully saturated rings. The molecule has 25 heavy (non-hydrogen) atoms. The maximum Gasteiger partial charge on any atom is 0.390 e. The summed E-state index contributed by atoms with van der Waals surface area (Å²) in [5, 5.41) is 14.6. The molecule has 0 radical (unpaired) electrons. The molecule has 3 rings (SSSR count). The van der Waals surface area contributed by atoms with Gasteiger partial charge in [-0.25, -0.2) is 0 Å². The smallest absolute Gasteiger partial charge is 0.369 e. The highest BCUT2D eigenvalue weighted by Gasteiger charge is 2.50. The summed E-state index contributed by atoms with van der Waals surface area (Å²) in [5.41, 5.74) is -0.726. The van der Waals surface area contributed by atoms with Gasteiger partial charge < -0.3 is 24.7 Å². The van der Waals surface area contributed by atoms with Crippen LogP contribution in [0.15, 0.2) is 6.07 Å². The quantitative estimate of drug-likeness (QED) is 0.565. The molecule has 2 bridgehead atoms. The fourth-order valence-electron chi connectivity index (χ4n) is 3.49. The van der Waals surface area contributed by atoms with Crippen LogP contribution in [0.2, 0.25) is 0 Å². The molecule has 2 saturated heterocycles. The Kier molecular flexibility index (Phi) is 4.02. The van der Waals surface area contributed by atoms with E-state index in [1.165, 1.54) is 24.9 Å². The number of ether oxygens (including phenoxy) is 1. The fourth-order valence-corrected chi connectivity index (χ4v) is 3.49. The molecular formula is C15H21N5O5. The molecule has 0 unspecified atom stereocenters. The monoisotopic (exact) mass is 351 g/mol. The van der Waals surface area contributed by atoms with E-state index in [-0.39, 0.29) is 35.4 Å². The largest absolute Gasteiger partial charge is 0.390 e. The van der Waals surface area contributed by atoms with Gasteiger partial charge >= 0.3 is 5.82 Å². The number of hydrogen-bond donors (Lipinski definition) is 0. The van der Waals surface area contributed by atoms with Gasteiger partial charge in [-0.3, -0.25) is 9.59 Å².